The number of hydrogen-bond donors (Lipinski definition) is 0. The van der Waals surface area contributed by atoms with E-state index in [1.165, 1.54) is 11.1 Å². The quantitative estimate of drug-likeness (QED) is 0.677. The summed E-state index contributed by atoms with van der Waals surface area (Å²) in [6, 6.07) is 8.51. The lowest BCUT2D eigenvalue weighted by molar-refractivity contribution is 1.20. The Morgan fingerprint density at radius 1 is 1.08 bits per heavy atom. The minimum absolute atomic E-state index is 1.13. The normalized spacial score (nSPS) is 16.2. The van der Waals surface area contributed by atoms with Gasteiger partial charge < -0.3 is 0 Å². The molecule has 1 aromatic rings. The Morgan fingerprint density at radius 2 is 1.83 bits per heavy atom. The van der Waals surface area contributed by atoms with Gasteiger partial charge in [-0.25, -0.2) is 0 Å². The van der Waals surface area contributed by atoms with Crippen LogP contribution in [0.25, 0.3) is 5.57 Å². The molecule has 1 aliphatic carbocycles. The fourth-order valence-corrected chi connectivity index (χ4v) is 1.71. The van der Waals surface area contributed by atoms with E-state index in [2.05, 4.69) is 52.7 Å². The molecule has 0 N–H and O–H groups in total. The summed E-state index contributed by atoms with van der Waals surface area (Å²) in [7, 11) is 0. The van der Waals surface area contributed by atoms with Crippen molar-refractivity contribution in [2.24, 2.45) is 0 Å². The summed E-state index contributed by atoms with van der Waals surface area (Å²) in [6.07, 6.45) is 6.85. The van der Waals surface area contributed by atoms with Gasteiger partial charge in [0.15, 0.2) is 0 Å². The molecule has 0 aromatic heterocycles. The summed E-state index contributed by atoms with van der Waals surface area (Å²) in [5, 5.41) is 0. The highest BCUT2D eigenvalue weighted by Gasteiger charge is 2.06. The van der Waals surface area contributed by atoms with E-state index in [0.29, 0.717) is 0 Å². The molecule has 0 heterocycles. The Labute approximate surface area is 81.4 Å². The fourth-order valence-electron chi connectivity index (χ4n) is 1.45. The van der Waals surface area contributed by atoms with Crippen LogP contribution in [-0.4, -0.2) is 0 Å². The van der Waals surface area contributed by atoms with Crippen LogP contribution in [0.2, 0.25) is 0 Å². The van der Waals surface area contributed by atoms with Crippen molar-refractivity contribution >= 4 is 21.5 Å². The lowest BCUT2D eigenvalue weighted by Crippen LogP contribution is -1.78. The number of hydrogen-bond acceptors (Lipinski definition) is 0. The molecule has 0 spiro atoms. The molecule has 0 bridgehead atoms. The molecule has 0 unspecified atom stereocenters. The molecule has 0 nitrogen and oxygen atoms in total. The SMILES string of the molecule is Brc1ccc(C2=CC[CH]C2)cc1. The van der Waals surface area contributed by atoms with Gasteiger partial charge in [-0.05, 0) is 42.5 Å². The molecule has 0 amide bonds. The van der Waals surface area contributed by atoms with Crippen LogP contribution < -0.4 is 0 Å². The average molecular weight is 222 g/mol. The predicted octanol–water partition coefficient (Wildman–Crippen LogP) is 3.83. The predicted molar refractivity (Wildman–Crippen MR) is 55.7 cm³/mol. The summed E-state index contributed by atoms with van der Waals surface area (Å²) in [5.74, 6) is 0. The maximum atomic E-state index is 3.43. The molecule has 0 saturated carbocycles. The van der Waals surface area contributed by atoms with E-state index in [4.69, 9.17) is 0 Å². The van der Waals surface area contributed by atoms with Crippen LogP contribution in [0.5, 0.6) is 0 Å². The van der Waals surface area contributed by atoms with Gasteiger partial charge in [-0.1, -0.05) is 34.1 Å². The molecule has 12 heavy (non-hydrogen) atoms. The Bertz CT molecular complexity index is 295. The van der Waals surface area contributed by atoms with E-state index in [1.807, 2.05) is 0 Å². The average Bonchev–Trinajstić information content (AvgIpc) is 2.58. The lowest BCUT2D eigenvalue weighted by atomic mass is 10.1. The lowest BCUT2D eigenvalue weighted by Gasteiger charge is -2.00. The highest BCUT2D eigenvalue weighted by molar-refractivity contribution is 9.10. The number of halogens is 1. The van der Waals surface area contributed by atoms with Gasteiger partial charge in [0.25, 0.3) is 0 Å². The highest BCUT2D eigenvalue weighted by Crippen LogP contribution is 2.27. The van der Waals surface area contributed by atoms with E-state index in [1.54, 1.807) is 0 Å². The monoisotopic (exact) mass is 221 g/mol. The van der Waals surface area contributed by atoms with Crippen molar-refractivity contribution in [1.82, 2.24) is 0 Å². The van der Waals surface area contributed by atoms with Crippen molar-refractivity contribution in [3.63, 3.8) is 0 Å². The molecule has 0 saturated heterocycles. The molecule has 0 aliphatic heterocycles. The van der Waals surface area contributed by atoms with Crippen LogP contribution in [0.4, 0.5) is 0 Å². The van der Waals surface area contributed by atoms with Gasteiger partial charge in [0, 0.05) is 4.47 Å². The van der Waals surface area contributed by atoms with Gasteiger partial charge in [0.05, 0.1) is 0 Å². The van der Waals surface area contributed by atoms with Gasteiger partial charge in [-0.15, -0.1) is 0 Å². The molecule has 61 valence electrons. The first kappa shape index (κ1) is 8.06. The van der Waals surface area contributed by atoms with Gasteiger partial charge >= 0.3 is 0 Å². The first-order valence-corrected chi connectivity index (χ1v) is 4.92. The van der Waals surface area contributed by atoms with E-state index < -0.39 is 0 Å². The van der Waals surface area contributed by atoms with Crippen LogP contribution in [0, 0.1) is 6.42 Å². The third-order valence-corrected chi connectivity index (χ3v) is 2.64. The second-order valence-corrected chi connectivity index (χ2v) is 3.88. The first-order valence-electron chi connectivity index (χ1n) is 4.13. The summed E-state index contributed by atoms with van der Waals surface area (Å²) in [4.78, 5) is 0. The molecule has 0 fully saturated rings. The molecule has 2 rings (SSSR count). The first-order chi connectivity index (χ1) is 5.86. The smallest absolute Gasteiger partial charge is 0.0175 e. The number of rotatable bonds is 1. The zero-order valence-corrected chi connectivity index (χ0v) is 8.34. The van der Waals surface area contributed by atoms with Crippen molar-refractivity contribution in [3.8, 4) is 0 Å². The second kappa shape index (κ2) is 3.44. The fraction of sp³-hybridized carbons (Fsp3) is 0.182. The molecule has 1 heteroatoms. The van der Waals surface area contributed by atoms with Crippen LogP contribution >= 0.6 is 15.9 Å². The summed E-state index contributed by atoms with van der Waals surface area (Å²) in [6.45, 7) is 0. The van der Waals surface area contributed by atoms with Crippen molar-refractivity contribution in [2.45, 2.75) is 12.8 Å². The Morgan fingerprint density at radius 3 is 2.42 bits per heavy atom. The number of allylic oxidation sites excluding steroid dienone is 2. The minimum atomic E-state index is 1.13. The van der Waals surface area contributed by atoms with Crippen molar-refractivity contribution < 1.29 is 0 Å². The van der Waals surface area contributed by atoms with E-state index in [0.717, 1.165) is 17.3 Å². The zero-order chi connectivity index (χ0) is 8.39. The van der Waals surface area contributed by atoms with E-state index in [-0.39, 0.29) is 0 Å². The molecule has 1 aromatic carbocycles. The Kier molecular flexibility index (Phi) is 2.31. The molecule has 1 radical (unpaired) electrons. The van der Waals surface area contributed by atoms with Gasteiger partial charge in [0.2, 0.25) is 0 Å². The zero-order valence-electron chi connectivity index (χ0n) is 6.76. The van der Waals surface area contributed by atoms with E-state index >= 15 is 0 Å². The maximum absolute atomic E-state index is 3.43. The topological polar surface area (TPSA) is 0 Å². The van der Waals surface area contributed by atoms with Crippen molar-refractivity contribution in [1.29, 1.82) is 0 Å². The number of benzene rings is 1. The molecule has 1 aliphatic rings. The summed E-state index contributed by atoms with van der Waals surface area (Å²) >= 11 is 3.43. The Balaban J connectivity index is 2.28. The van der Waals surface area contributed by atoms with Gasteiger partial charge in [-0.3, -0.25) is 0 Å². The van der Waals surface area contributed by atoms with Gasteiger partial charge in [-0.2, -0.15) is 0 Å². The molecular weight excluding hydrogens is 212 g/mol. The third-order valence-electron chi connectivity index (χ3n) is 2.11. The van der Waals surface area contributed by atoms with Gasteiger partial charge in [0.1, 0.15) is 0 Å². The van der Waals surface area contributed by atoms with Crippen LogP contribution in [0.3, 0.4) is 0 Å². The minimum Gasteiger partial charge on any atom is -0.0804 e. The molecular formula is C11H10Br. The molecule has 0 atom stereocenters. The maximum Gasteiger partial charge on any atom is 0.0175 e. The largest absolute Gasteiger partial charge is 0.0804 e. The standard InChI is InChI=1S/C11H10Br/c12-11-7-5-10(6-8-11)9-3-1-2-4-9/h1,4-8H,2-3H2. The summed E-state index contributed by atoms with van der Waals surface area (Å²) in [5.41, 5.74) is 2.81. The van der Waals surface area contributed by atoms with E-state index in [9.17, 15) is 0 Å². The van der Waals surface area contributed by atoms with Crippen LogP contribution in [0.1, 0.15) is 18.4 Å². The van der Waals surface area contributed by atoms with Crippen molar-refractivity contribution in [2.75, 3.05) is 0 Å². The van der Waals surface area contributed by atoms with Crippen molar-refractivity contribution in [3.05, 3.63) is 46.8 Å². The van der Waals surface area contributed by atoms with Crippen LogP contribution in [0.15, 0.2) is 34.8 Å². The van der Waals surface area contributed by atoms with Crippen LogP contribution in [-0.2, 0) is 0 Å². The third kappa shape index (κ3) is 1.61. The highest BCUT2D eigenvalue weighted by atomic mass is 79.9. The Hall–Kier alpha value is -0.560. The summed E-state index contributed by atoms with van der Waals surface area (Å²) < 4.78 is 1.15. The second-order valence-electron chi connectivity index (χ2n) is 2.96.